The van der Waals surface area contributed by atoms with Crippen LogP contribution in [0.3, 0.4) is 0 Å². The van der Waals surface area contributed by atoms with Crippen molar-refractivity contribution in [3.8, 4) is 0 Å². The van der Waals surface area contributed by atoms with Crippen LogP contribution in [0.5, 0.6) is 0 Å². The number of hydrogen-bond acceptors (Lipinski definition) is 2. The lowest BCUT2D eigenvalue weighted by molar-refractivity contribution is 0.599. The van der Waals surface area contributed by atoms with Crippen LogP contribution in [0, 0.1) is 5.82 Å². The van der Waals surface area contributed by atoms with E-state index in [1.165, 1.54) is 6.07 Å². The lowest BCUT2D eigenvalue weighted by Crippen LogP contribution is -2.17. The molecule has 0 atom stereocenters. The normalized spacial score (nSPS) is 10.9. The molecule has 0 aliphatic carbocycles. The van der Waals surface area contributed by atoms with Crippen molar-refractivity contribution in [1.82, 2.24) is 14.9 Å². The topological polar surface area (TPSA) is 29.9 Å². The Morgan fingerprint density at radius 2 is 2.20 bits per heavy atom. The van der Waals surface area contributed by atoms with Crippen molar-refractivity contribution < 1.29 is 4.39 Å². The van der Waals surface area contributed by atoms with Gasteiger partial charge in [-0.1, -0.05) is 24.6 Å². The number of halogens is 2. The number of imidazole rings is 1. The van der Waals surface area contributed by atoms with Crippen molar-refractivity contribution in [2.24, 2.45) is 0 Å². The summed E-state index contributed by atoms with van der Waals surface area (Å²) in [7, 11) is 0. The first kappa shape index (κ1) is 15.0. The molecule has 0 bridgehead atoms. The van der Waals surface area contributed by atoms with Crippen molar-refractivity contribution >= 4 is 11.6 Å². The van der Waals surface area contributed by atoms with Crippen LogP contribution in [0.1, 0.15) is 24.6 Å². The van der Waals surface area contributed by atoms with Gasteiger partial charge >= 0.3 is 0 Å². The molecule has 0 fully saturated rings. The molecule has 1 aromatic heterocycles. The first-order chi connectivity index (χ1) is 9.69. The summed E-state index contributed by atoms with van der Waals surface area (Å²) in [6, 6.07) is 4.75. The Hall–Kier alpha value is -1.39. The minimum Gasteiger partial charge on any atom is -0.333 e. The predicted octanol–water partition coefficient (Wildman–Crippen LogP) is 3.27. The van der Waals surface area contributed by atoms with Crippen LogP contribution in [0.4, 0.5) is 4.39 Å². The number of aromatic nitrogens is 2. The van der Waals surface area contributed by atoms with E-state index in [0.717, 1.165) is 31.6 Å². The average Bonchev–Trinajstić information content (AvgIpc) is 2.86. The van der Waals surface area contributed by atoms with Gasteiger partial charge in [-0.15, -0.1) is 0 Å². The van der Waals surface area contributed by atoms with Gasteiger partial charge in [0.05, 0.1) is 18.6 Å². The molecule has 0 saturated carbocycles. The van der Waals surface area contributed by atoms with Gasteiger partial charge in [-0.2, -0.15) is 0 Å². The van der Waals surface area contributed by atoms with Crippen LogP contribution >= 0.6 is 11.6 Å². The molecule has 108 valence electrons. The van der Waals surface area contributed by atoms with Gasteiger partial charge in [-0.05, 0) is 25.1 Å². The molecule has 0 amide bonds. The monoisotopic (exact) mass is 295 g/mol. The highest BCUT2D eigenvalue weighted by Crippen LogP contribution is 2.15. The van der Waals surface area contributed by atoms with E-state index in [1.807, 2.05) is 10.8 Å². The van der Waals surface area contributed by atoms with E-state index in [0.29, 0.717) is 17.1 Å². The maximum absolute atomic E-state index is 13.7. The van der Waals surface area contributed by atoms with Crippen LogP contribution in [0.2, 0.25) is 5.02 Å². The zero-order chi connectivity index (χ0) is 14.4. The Morgan fingerprint density at radius 3 is 2.95 bits per heavy atom. The van der Waals surface area contributed by atoms with Gasteiger partial charge in [-0.3, -0.25) is 0 Å². The maximum atomic E-state index is 13.7. The average molecular weight is 296 g/mol. The summed E-state index contributed by atoms with van der Waals surface area (Å²) < 4.78 is 15.6. The summed E-state index contributed by atoms with van der Waals surface area (Å²) in [5.41, 5.74) is 1.63. The fourth-order valence-corrected chi connectivity index (χ4v) is 2.15. The zero-order valence-corrected chi connectivity index (χ0v) is 12.3. The second-order valence-corrected chi connectivity index (χ2v) is 5.21. The van der Waals surface area contributed by atoms with Gasteiger partial charge in [0.15, 0.2) is 0 Å². The SMILES string of the molecule is CCCNCCc1cn(Cc2ccc(Cl)cc2F)cn1. The Morgan fingerprint density at radius 1 is 1.35 bits per heavy atom. The largest absolute Gasteiger partial charge is 0.333 e. The maximum Gasteiger partial charge on any atom is 0.129 e. The smallest absolute Gasteiger partial charge is 0.129 e. The summed E-state index contributed by atoms with van der Waals surface area (Å²) in [6.07, 6.45) is 5.71. The molecule has 3 nitrogen and oxygen atoms in total. The first-order valence-electron chi connectivity index (χ1n) is 6.84. The first-order valence-corrected chi connectivity index (χ1v) is 7.22. The highest BCUT2D eigenvalue weighted by molar-refractivity contribution is 6.30. The Balaban J connectivity index is 1.92. The van der Waals surface area contributed by atoms with Crippen molar-refractivity contribution in [3.05, 3.63) is 52.8 Å². The van der Waals surface area contributed by atoms with E-state index in [2.05, 4.69) is 17.2 Å². The van der Waals surface area contributed by atoms with E-state index in [4.69, 9.17) is 11.6 Å². The summed E-state index contributed by atoms with van der Waals surface area (Å²) in [5, 5.41) is 3.75. The highest BCUT2D eigenvalue weighted by atomic mass is 35.5. The van der Waals surface area contributed by atoms with Crippen molar-refractivity contribution in [1.29, 1.82) is 0 Å². The van der Waals surface area contributed by atoms with Crippen molar-refractivity contribution in [2.75, 3.05) is 13.1 Å². The third-order valence-electron chi connectivity index (χ3n) is 3.04. The van der Waals surface area contributed by atoms with Gasteiger partial charge in [-0.25, -0.2) is 9.37 Å². The molecule has 0 aliphatic rings. The quantitative estimate of drug-likeness (QED) is 0.795. The molecule has 1 N–H and O–H groups in total. The minimum absolute atomic E-state index is 0.280. The fraction of sp³-hybridized carbons (Fsp3) is 0.400. The van der Waals surface area contributed by atoms with E-state index >= 15 is 0 Å². The van der Waals surface area contributed by atoms with E-state index < -0.39 is 0 Å². The number of benzene rings is 1. The van der Waals surface area contributed by atoms with E-state index in [1.54, 1.807) is 18.5 Å². The van der Waals surface area contributed by atoms with Crippen LogP contribution in [-0.2, 0) is 13.0 Å². The summed E-state index contributed by atoms with van der Waals surface area (Å²) in [5.74, 6) is -0.280. The van der Waals surface area contributed by atoms with Gasteiger partial charge in [0, 0.05) is 29.7 Å². The molecular formula is C15H19ClFN3. The molecule has 1 heterocycles. The van der Waals surface area contributed by atoms with E-state index in [-0.39, 0.29) is 5.82 Å². The Bertz CT molecular complexity index is 554. The lowest BCUT2D eigenvalue weighted by Gasteiger charge is -2.04. The number of hydrogen-bond donors (Lipinski definition) is 1. The van der Waals surface area contributed by atoms with E-state index in [9.17, 15) is 4.39 Å². The molecule has 0 saturated heterocycles. The molecule has 0 radical (unpaired) electrons. The minimum atomic E-state index is -0.280. The van der Waals surface area contributed by atoms with Crippen LogP contribution in [-0.4, -0.2) is 22.6 Å². The molecular weight excluding hydrogens is 277 g/mol. The standard InChI is InChI=1S/C15H19ClFN3/c1-2-6-18-7-5-14-10-20(11-19-14)9-12-3-4-13(16)8-15(12)17/h3-4,8,10-11,18H,2,5-7,9H2,1H3. The van der Waals surface area contributed by atoms with Gasteiger partial charge in [0.2, 0.25) is 0 Å². The second-order valence-electron chi connectivity index (χ2n) is 4.77. The number of nitrogens with zero attached hydrogens (tertiary/aromatic N) is 2. The van der Waals surface area contributed by atoms with Crippen LogP contribution in [0.25, 0.3) is 0 Å². The van der Waals surface area contributed by atoms with Gasteiger partial charge in [0.25, 0.3) is 0 Å². The lowest BCUT2D eigenvalue weighted by atomic mass is 10.2. The highest BCUT2D eigenvalue weighted by Gasteiger charge is 2.05. The fourth-order valence-electron chi connectivity index (χ4n) is 1.99. The molecule has 2 aromatic rings. The number of rotatable bonds is 7. The third-order valence-corrected chi connectivity index (χ3v) is 3.27. The predicted molar refractivity (Wildman–Crippen MR) is 79.6 cm³/mol. The zero-order valence-electron chi connectivity index (χ0n) is 11.6. The molecule has 2 rings (SSSR count). The van der Waals surface area contributed by atoms with Crippen LogP contribution < -0.4 is 5.32 Å². The van der Waals surface area contributed by atoms with Crippen LogP contribution in [0.15, 0.2) is 30.7 Å². The summed E-state index contributed by atoms with van der Waals surface area (Å²) in [6.45, 7) is 4.55. The molecule has 0 spiro atoms. The summed E-state index contributed by atoms with van der Waals surface area (Å²) in [4.78, 5) is 4.33. The van der Waals surface area contributed by atoms with Crippen molar-refractivity contribution in [3.63, 3.8) is 0 Å². The third kappa shape index (κ3) is 4.32. The Labute approximate surface area is 123 Å². The van der Waals surface area contributed by atoms with Gasteiger partial charge in [0.1, 0.15) is 5.82 Å². The summed E-state index contributed by atoms with van der Waals surface area (Å²) >= 11 is 5.74. The molecule has 1 aromatic carbocycles. The second kappa shape index (κ2) is 7.41. The molecule has 0 unspecified atom stereocenters. The number of nitrogens with one attached hydrogen (secondary N) is 1. The van der Waals surface area contributed by atoms with Gasteiger partial charge < -0.3 is 9.88 Å². The Kier molecular flexibility index (Phi) is 5.56. The van der Waals surface area contributed by atoms with Crippen molar-refractivity contribution in [2.45, 2.75) is 26.3 Å². The molecule has 5 heteroatoms. The molecule has 0 aliphatic heterocycles. The molecule has 20 heavy (non-hydrogen) atoms.